The van der Waals surface area contributed by atoms with Gasteiger partial charge in [0.2, 0.25) is 0 Å². The number of hydrogen-bond acceptors (Lipinski definition) is 4. The van der Waals surface area contributed by atoms with Crippen molar-refractivity contribution in [1.82, 2.24) is 0 Å². The van der Waals surface area contributed by atoms with Gasteiger partial charge in [-0.05, 0) is 0 Å². The summed E-state index contributed by atoms with van der Waals surface area (Å²) in [6.45, 7) is 0. The van der Waals surface area contributed by atoms with E-state index in [1.807, 2.05) is 0 Å². The van der Waals surface area contributed by atoms with Gasteiger partial charge in [0.05, 0.1) is 0 Å². The molecule has 0 saturated heterocycles. The zero-order chi connectivity index (χ0) is 5.41. The van der Waals surface area contributed by atoms with E-state index in [0.717, 1.165) is 5.34 Å². The molecule has 9 heteroatoms. The van der Waals surface area contributed by atoms with Gasteiger partial charge >= 0.3 is 110 Å². The molecule has 0 aliphatic rings. The average molecular weight is 225 g/mol. The van der Waals surface area contributed by atoms with Crippen LogP contribution in [0.15, 0.2) is 5.34 Å². The van der Waals surface area contributed by atoms with Gasteiger partial charge in [-0.25, -0.2) is 0 Å². The third-order valence-electron chi connectivity index (χ3n) is 0. The molecule has 0 amide bonds. The van der Waals surface area contributed by atoms with Crippen LogP contribution in [0, 0.1) is 10.1 Å². The minimum atomic E-state index is 0. The SMILES string of the molecule is O=N[O-].[Cl-].[K+].[N-]=C=S.[Na+].[Na+]. The molecule has 0 aromatic carbocycles. The van der Waals surface area contributed by atoms with E-state index in [1.54, 1.807) is 0 Å². The second-order valence-corrected chi connectivity index (χ2v) is 0.348. The number of hydrogen-bond donors (Lipinski definition) is 0. The topological polar surface area (TPSA) is 74.8 Å². The van der Waals surface area contributed by atoms with E-state index in [0.29, 0.717) is 0 Å². The smallest absolute Gasteiger partial charge is 1.00 e. The third kappa shape index (κ3) is 117. The molecule has 0 aromatic heterocycles. The van der Waals surface area contributed by atoms with Crippen LogP contribution in [0.5, 0.6) is 0 Å². The van der Waals surface area contributed by atoms with Crippen LogP contribution < -0.4 is 123 Å². The molecule has 0 N–H and O–H groups in total. The molecule has 42 valence electrons. The molecule has 4 nitrogen and oxygen atoms in total. The Morgan fingerprint density at radius 3 is 1.50 bits per heavy atom. The molecular formula is CClKN2Na2O2S. The van der Waals surface area contributed by atoms with Crippen molar-refractivity contribution in [3.05, 3.63) is 15.5 Å². The van der Waals surface area contributed by atoms with Crippen molar-refractivity contribution in [3.63, 3.8) is 0 Å². The number of thiocarbonyl (C=S) groups is 1. The fourth-order valence-corrected chi connectivity index (χ4v) is 0. The summed E-state index contributed by atoms with van der Waals surface area (Å²) in [4.78, 5) is 8.00. The molecule has 0 aliphatic carbocycles. The summed E-state index contributed by atoms with van der Waals surface area (Å²) in [6, 6.07) is 0. The van der Waals surface area contributed by atoms with E-state index < -0.39 is 0 Å². The summed E-state index contributed by atoms with van der Waals surface area (Å²) in [7, 11) is 0. The summed E-state index contributed by atoms with van der Waals surface area (Å²) in [6.07, 6.45) is 0. The van der Waals surface area contributed by atoms with Gasteiger partial charge < -0.3 is 27.9 Å². The van der Waals surface area contributed by atoms with E-state index in [4.69, 9.17) is 15.5 Å². The zero-order valence-electron chi connectivity index (χ0n) is 6.00. The molecule has 0 atom stereocenters. The maximum absolute atomic E-state index is 8.00. The van der Waals surface area contributed by atoms with Crippen molar-refractivity contribution in [2.24, 2.45) is 5.34 Å². The maximum atomic E-state index is 8.00. The van der Waals surface area contributed by atoms with Gasteiger partial charge in [0, 0.05) is 0 Å². The van der Waals surface area contributed by atoms with Crippen LogP contribution in [0.1, 0.15) is 0 Å². The normalized spacial score (nSPS) is 2.00. The monoisotopic (exact) mass is 224 g/mol. The Morgan fingerprint density at radius 1 is 1.50 bits per heavy atom. The molecule has 0 aliphatic heterocycles. The average Bonchev–Trinajstić information content (AvgIpc) is 1.39. The van der Waals surface area contributed by atoms with Crippen LogP contribution in [0.2, 0.25) is 0 Å². The van der Waals surface area contributed by atoms with E-state index in [2.05, 4.69) is 12.2 Å². The quantitative estimate of drug-likeness (QED) is 0.135. The molecular weight excluding hydrogens is 225 g/mol. The Bertz CT molecular complexity index is 72.3. The Kier molecular flexibility index (Phi) is 217. The van der Waals surface area contributed by atoms with E-state index in [9.17, 15) is 0 Å². The molecule has 10 heavy (non-hydrogen) atoms. The van der Waals surface area contributed by atoms with Crippen molar-refractivity contribution >= 4 is 17.4 Å². The predicted octanol–water partition coefficient (Wildman–Crippen LogP) is -11.1. The van der Waals surface area contributed by atoms with E-state index in [-0.39, 0.29) is 123 Å². The van der Waals surface area contributed by atoms with Crippen molar-refractivity contribution in [3.8, 4) is 0 Å². The number of halogens is 1. The molecule has 0 rings (SSSR count). The Morgan fingerprint density at radius 2 is 1.50 bits per heavy atom. The van der Waals surface area contributed by atoms with Crippen molar-refractivity contribution in [1.29, 1.82) is 0 Å². The fourth-order valence-electron chi connectivity index (χ4n) is 0. The summed E-state index contributed by atoms with van der Waals surface area (Å²) in [5.74, 6) is 0. The molecule has 0 spiro atoms. The second-order valence-electron chi connectivity index (χ2n) is 0.166. The van der Waals surface area contributed by atoms with Crippen LogP contribution in [0.3, 0.4) is 0 Å². The van der Waals surface area contributed by atoms with E-state index in [1.165, 1.54) is 5.16 Å². The summed E-state index contributed by atoms with van der Waals surface area (Å²) in [5.41, 5.74) is 0. The molecule has 0 radical (unpaired) electrons. The third-order valence-corrected chi connectivity index (χ3v) is 0. The van der Waals surface area contributed by atoms with Gasteiger partial charge in [0.15, 0.2) is 0 Å². The number of isothiocyanates is 1. The molecule has 0 saturated carbocycles. The molecule has 0 fully saturated rings. The van der Waals surface area contributed by atoms with Gasteiger partial charge in [-0.3, -0.25) is 0 Å². The minimum Gasteiger partial charge on any atom is -1.00 e. The Hall–Kier alpha value is 3.13. The van der Waals surface area contributed by atoms with Crippen molar-refractivity contribution in [2.75, 3.05) is 0 Å². The van der Waals surface area contributed by atoms with Crippen LogP contribution in [-0.4, -0.2) is 5.16 Å². The zero-order valence-corrected chi connectivity index (χ0v) is 14.7. The first-order valence-corrected chi connectivity index (χ1v) is 1.20. The van der Waals surface area contributed by atoms with Gasteiger partial charge in [-0.2, -0.15) is 5.16 Å². The van der Waals surface area contributed by atoms with E-state index >= 15 is 0 Å². The minimum absolute atomic E-state index is 0. The molecule has 0 unspecified atom stereocenters. The van der Waals surface area contributed by atoms with Gasteiger partial charge in [-0.1, -0.05) is 12.2 Å². The summed E-state index contributed by atoms with van der Waals surface area (Å²) < 4.78 is 0. The first-order chi connectivity index (χ1) is 2.83. The predicted molar refractivity (Wildman–Crippen MR) is 25.1 cm³/mol. The molecule has 0 aromatic rings. The largest absolute Gasteiger partial charge is 1.00 e. The van der Waals surface area contributed by atoms with Crippen molar-refractivity contribution < 1.29 is 123 Å². The van der Waals surface area contributed by atoms with Crippen LogP contribution >= 0.6 is 12.2 Å². The van der Waals surface area contributed by atoms with Gasteiger partial charge in [0.1, 0.15) is 0 Å². The second kappa shape index (κ2) is 57.1. The first kappa shape index (κ1) is 38.0. The Labute approximate surface area is 157 Å². The Balaban J connectivity index is -0.00000000571. The van der Waals surface area contributed by atoms with Crippen LogP contribution in [-0.2, 0) is 0 Å². The summed E-state index contributed by atoms with van der Waals surface area (Å²) >= 11 is 3.70. The standard InChI is InChI=1S/CNS.ClH.K.HNO2.2Na/c2-1-3;;;2-1-3;;/h;1H;;(H,2,3);;/q-1;;+1;;2*+1/p-2. The fraction of sp³-hybridized carbons (Fsp3) is 0. The summed E-state index contributed by atoms with van der Waals surface area (Å²) in [5, 5.41) is 17.5. The number of rotatable bonds is 0. The van der Waals surface area contributed by atoms with Crippen molar-refractivity contribution in [2.45, 2.75) is 0 Å². The molecule has 0 heterocycles. The molecule has 0 bridgehead atoms. The first-order valence-electron chi connectivity index (χ1n) is 0.793. The van der Waals surface area contributed by atoms with Crippen LogP contribution in [0.25, 0.3) is 5.41 Å². The van der Waals surface area contributed by atoms with Gasteiger partial charge in [-0.15, -0.1) is 5.34 Å². The maximum Gasteiger partial charge on any atom is 1.00 e. The van der Waals surface area contributed by atoms with Gasteiger partial charge in [0.25, 0.3) is 0 Å². The number of nitrogens with zero attached hydrogens (tertiary/aromatic N) is 2. The van der Waals surface area contributed by atoms with Crippen LogP contribution in [0.4, 0.5) is 0 Å².